The van der Waals surface area contributed by atoms with Crippen LogP contribution in [0.25, 0.3) is 0 Å². The van der Waals surface area contributed by atoms with E-state index in [9.17, 15) is 4.79 Å². The molecule has 0 unspecified atom stereocenters. The number of halogens is 2. The van der Waals surface area contributed by atoms with Crippen LogP contribution in [0, 0.1) is 13.8 Å². The van der Waals surface area contributed by atoms with Gasteiger partial charge in [0.05, 0.1) is 18.4 Å². The molecule has 6 heteroatoms. The molecule has 0 aliphatic rings. The Balaban J connectivity index is 2.37. The van der Waals surface area contributed by atoms with Crippen molar-refractivity contribution >= 4 is 34.8 Å². The quantitative estimate of drug-likeness (QED) is 0.858. The number of pyridine rings is 1. The van der Waals surface area contributed by atoms with E-state index in [1.807, 2.05) is 13.0 Å². The molecular formula is C15H14Cl2N2O2. The minimum atomic E-state index is -0.315. The van der Waals surface area contributed by atoms with Crippen molar-refractivity contribution in [2.24, 2.45) is 0 Å². The summed E-state index contributed by atoms with van der Waals surface area (Å²) in [6, 6.07) is 7.01. The van der Waals surface area contributed by atoms with Crippen LogP contribution < -0.4 is 10.1 Å². The first-order valence-electron chi connectivity index (χ1n) is 6.21. The Hall–Kier alpha value is -1.78. The fourth-order valence-electron chi connectivity index (χ4n) is 1.93. The number of nitrogens with one attached hydrogen (secondary N) is 1. The van der Waals surface area contributed by atoms with E-state index in [-0.39, 0.29) is 16.2 Å². The Morgan fingerprint density at radius 1 is 1.24 bits per heavy atom. The van der Waals surface area contributed by atoms with Crippen LogP contribution in [0.3, 0.4) is 0 Å². The molecule has 0 spiro atoms. The lowest BCUT2D eigenvalue weighted by atomic mass is 10.1. The fraction of sp³-hybridized carbons (Fsp3) is 0.200. The summed E-state index contributed by atoms with van der Waals surface area (Å²) in [6.07, 6.45) is 0. The summed E-state index contributed by atoms with van der Waals surface area (Å²) < 4.78 is 5.21. The van der Waals surface area contributed by atoms with Crippen LogP contribution >= 0.6 is 23.2 Å². The second-order valence-corrected chi connectivity index (χ2v) is 5.33. The summed E-state index contributed by atoms with van der Waals surface area (Å²) in [5, 5.41) is 3.19. The van der Waals surface area contributed by atoms with E-state index in [4.69, 9.17) is 27.9 Å². The van der Waals surface area contributed by atoms with E-state index in [0.717, 1.165) is 11.1 Å². The minimum absolute atomic E-state index is 0.153. The first kappa shape index (κ1) is 15.6. The van der Waals surface area contributed by atoms with Crippen molar-refractivity contribution in [3.8, 4) is 5.75 Å². The maximum Gasteiger partial charge on any atom is 0.259 e. The van der Waals surface area contributed by atoms with Gasteiger partial charge in [-0.05, 0) is 37.6 Å². The molecule has 1 N–H and O–H groups in total. The minimum Gasteiger partial charge on any atom is -0.496 e. The van der Waals surface area contributed by atoms with Gasteiger partial charge in [-0.2, -0.15) is 0 Å². The predicted molar refractivity (Wildman–Crippen MR) is 84.7 cm³/mol. The Kier molecular flexibility index (Phi) is 4.70. The number of amides is 1. The number of rotatable bonds is 3. The number of benzene rings is 1. The van der Waals surface area contributed by atoms with E-state index in [2.05, 4.69) is 10.3 Å². The number of methoxy groups -OCH3 is 1. The third-order valence-corrected chi connectivity index (χ3v) is 3.45. The van der Waals surface area contributed by atoms with Gasteiger partial charge in [0.2, 0.25) is 0 Å². The number of ether oxygens (including phenoxy) is 1. The largest absolute Gasteiger partial charge is 0.496 e. The molecule has 0 fully saturated rings. The number of anilines is 1. The molecule has 1 aromatic heterocycles. The Morgan fingerprint density at radius 3 is 2.57 bits per heavy atom. The molecule has 110 valence electrons. The SMILES string of the molecule is COc1ccc(C)cc1C(=O)Nc1c(C)cc(Cl)nc1Cl. The predicted octanol–water partition coefficient (Wildman–Crippen LogP) is 4.27. The monoisotopic (exact) mass is 324 g/mol. The van der Waals surface area contributed by atoms with Crippen molar-refractivity contribution in [1.29, 1.82) is 0 Å². The molecule has 0 bridgehead atoms. The number of aromatic nitrogens is 1. The maximum absolute atomic E-state index is 12.4. The smallest absolute Gasteiger partial charge is 0.259 e. The summed E-state index contributed by atoms with van der Waals surface area (Å²) in [5.41, 5.74) is 2.57. The molecule has 0 atom stereocenters. The second-order valence-electron chi connectivity index (χ2n) is 4.59. The first-order chi connectivity index (χ1) is 9.92. The highest BCUT2D eigenvalue weighted by atomic mass is 35.5. The number of nitrogens with zero attached hydrogens (tertiary/aromatic N) is 1. The Morgan fingerprint density at radius 2 is 1.95 bits per heavy atom. The van der Waals surface area contributed by atoms with Gasteiger partial charge in [0.1, 0.15) is 10.9 Å². The molecule has 0 aliphatic heterocycles. The van der Waals surface area contributed by atoms with E-state index < -0.39 is 0 Å². The average molecular weight is 325 g/mol. The van der Waals surface area contributed by atoms with Crippen LogP contribution in [-0.4, -0.2) is 18.0 Å². The maximum atomic E-state index is 12.4. The van der Waals surface area contributed by atoms with Crippen molar-refractivity contribution in [3.05, 3.63) is 51.3 Å². The number of aryl methyl sites for hydroxylation is 2. The van der Waals surface area contributed by atoms with E-state index in [0.29, 0.717) is 17.0 Å². The highest BCUT2D eigenvalue weighted by Gasteiger charge is 2.16. The van der Waals surface area contributed by atoms with Crippen LogP contribution in [-0.2, 0) is 0 Å². The Bertz CT molecular complexity index is 679. The summed E-state index contributed by atoms with van der Waals surface area (Å²) in [5.74, 6) is 0.179. The van der Waals surface area contributed by atoms with Crippen molar-refractivity contribution in [1.82, 2.24) is 4.98 Å². The fourth-order valence-corrected chi connectivity index (χ4v) is 2.50. The van der Waals surface area contributed by atoms with Crippen LogP contribution in [0.1, 0.15) is 21.5 Å². The molecule has 0 saturated carbocycles. The van der Waals surface area contributed by atoms with Crippen LogP contribution in [0.15, 0.2) is 24.3 Å². The van der Waals surface area contributed by atoms with E-state index in [1.165, 1.54) is 7.11 Å². The van der Waals surface area contributed by atoms with Crippen molar-refractivity contribution in [3.63, 3.8) is 0 Å². The summed E-state index contributed by atoms with van der Waals surface area (Å²) in [7, 11) is 1.52. The molecule has 1 aromatic carbocycles. The molecule has 2 rings (SSSR count). The standard InChI is InChI=1S/C15H14Cl2N2O2/c1-8-4-5-11(21-3)10(6-8)15(20)19-13-9(2)7-12(16)18-14(13)17/h4-7H,1-3H3,(H,19,20). The van der Waals surface area contributed by atoms with Gasteiger partial charge in [-0.15, -0.1) is 0 Å². The van der Waals surface area contributed by atoms with Crippen molar-refractivity contribution in [2.45, 2.75) is 13.8 Å². The molecule has 1 heterocycles. The lowest BCUT2D eigenvalue weighted by Crippen LogP contribution is -2.15. The zero-order chi connectivity index (χ0) is 15.6. The van der Waals surface area contributed by atoms with Gasteiger partial charge in [-0.25, -0.2) is 4.98 Å². The van der Waals surface area contributed by atoms with Gasteiger partial charge in [-0.3, -0.25) is 4.79 Å². The van der Waals surface area contributed by atoms with Gasteiger partial charge in [0, 0.05) is 0 Å². The van der Waals surface area contributed by atoms with Gasteiger partial charge < -0.3 is 10.1 Å². The van der Waals surface area contributed by atoms with Crippen LogP contribution in [0.5, 0.6) is 5.75 Å². The van der Waals surface area contributed by atoms with Crippen molar-refractivity contribution < 1.29 is 9.53 Å². The van der Waals surface area contributed by atoms with E-state index in [1.54, 1.807) is 25.1 Å². The van der Waals surface area contributed by atoms with Gasteiger partial charge >= 0.3 is 0 Å². The number of hydrogen-bond donors (Lipinski definition) is 1. The van der Waals surface area contributed by atoms with Gasteiger partial charge in [0.15, 0.2) is 5.15 Å². The lowest BCUT2D eigenvalue weighted by molar-refractivity contribution is 0.102. The Labute approximate surface area is 133 Å². The molecule has 4 nitrogen and oxygen atoms in total. The van der Waals surface area contributed by atoms with Gasteiger partial charge in [-0.1, -0.05) is 34.8 Å². The van der Waals surface area contributed by atoms with Crippen LogP contribution in [0.2, 0.25) is 10.3 Å². The molecule has 21 heavy (non-hydrogen) atoms. The second kappa shape index (κ2) is 6.33. The molecule has 1 amide bonds. The molecular weight excluding hydrogens is 311 g/mol. The van der Waals surface area contributed by atoms with E-state index >= 15 is 0 Å². The number of hydrogen-bond acceptors (Lipinski definition) is 3. The summed E-state index contributed by atoms with van der Waals surface area (Å²) in [4.78, 5) is 16.4. The number of carbonyl (C=O) groups excluding carboxylic acids is 1. The van der Waals surface area contributed by atoms with Gasteiger partial charge in [0.25, 0.3) is 5.91 Å². The van der Waals surface area contributed by atoms with Crippen molar-refractivity contribution in [2.75, 3.05) is 12.4 Å². The summed E-state index contributed by atoms with van der Waals surface area (Å²) >= 11 is 11.8. The summed E-state index contributed by atoms with van der Waals surface area (Å²) in [6.45, 7) is 3.70. The third-order valence-electron chi connectivity index (χ3n) is 2.98. The first-order valence-corrected chi connectivity index (χ1v) is 6.96. The molecule has 0 aliphatic carbocycles. The normalized spacial score (nSPS) is 10.3. The average Bonchev–Trinajstić information content (AvgIpc) is 2.42. The highest BCUT2D eigenvalue weighted by Crippen LogP contribution is 2.28. The molecule has 0 saturated heterocycles. The third kappa shape index (κ3) is 3.46. The molecule has 2 aromatic rings. The molecule has 0 radical (unpaired) electrons. The topological polar surface area (TPSA) is 51.2 Å². The zero-order valence-corrected chi connectivity index (χ0v) is 13.3. The highest BCUT2D eigenvalue weighted by molar-refractivity contribution is 6.35. The van der Waals surface area contributed by atoms with Crippen LogP contribution in [0.4, 0.5) is 5.69 Å². The number of carbonyl (C=O) groups is 1. The lowest BCUT2D eigenvalue weighted by Gasteiger charge is -2.12. The zero-order valence-electron chi connectivity index (χ0n) is 11.8.